The molecule has 0 saturated heterocycles. The van der Waals surface area contributed by atoms with E-state index in [-0.39, 0.29) is 0 Å². The first-order valence-electron chi connectivity index (χ1n) is 7.30. The van der Waals surface area contributed by atoms with Crippen molar-refractivity contribution in [3.8, 4) is 5.75 Å². The minimum atomic E-state index is -0.480. The van der Waals surface area contributed by atoms with Gasteiger partial charge in [-0.05, 0) is 35.8 Å². The number of benzene rings is 1. The molecule has 0 unspecified atom stereocenters. The predicted octanol–water partition coefficient (Wildman–Crippen LogP) is 4.01. The minimum absolute atomic E-state index is 0.434. The van der Waals surface area contributed by atoms with Gasteiger partial charge >= 0.3 is 0 Å². The third kappa shape index (κ3) is 2.94. The van der Waals surface area contributed by atoms with Gasteiger partial charge in [-0.25, -0.2) is 0 Å². The molecular formula is C17H26O2. The first-order chi connectivity index (χ1) is 8.88. The molecule has 0 radical (unpaired) electrons. The lowest BCUT2D eigenvalue weighted by molar-refractivity contribution is 0.149. The van der Waals surface area contributed by atoms with Gasteiger partial charge in [0, 0.05) is 12.0 Å². The molecule has 1 saturated carbocycles. The Morgan fingerprint density at radius 3 is 2.05 bits per heavy atom. The van der Waals surface area contributed by atoms with E-state index < -0.39 is 5.60 Å². The lowest BCUT2D eigenvalue weighted by Gasteiger charge is -2.23. The zero-order chi connectivity index (χ0) is 14.2. The van der Waals surface area contributed by atoms with Crippen LogP contribution in [0.3, 0.4) is 0 Å². The molecule has 0 atom stereocenters. The molecule has 1 fully saturated rings. The second kappa shape index (κ2) is 5.16. The zero-order valence-electron chi connectivity index (χ0n) is 12.8. The minimum Gasteiger partial charge on any atom is -0.496 e. The Morgan fingerprint density at radius 1 is 1.11 bits per heavy atom. The van der Waals surface area contributed by atoms with Crippen LogP contribution in [0.1, 0.15) is 69.1 Å². The zero-order valence-corrected chi connectivity index (χ0v) is 12.8. The lowest BCUT2D eigenvalue weighted by atomic mass is 9.88. The summed E-state index contributed by atoms with van der Waals surface area (Å²) in [4.78, 5) is 0. The highest BCUT2D eigenvalue weighted by molar-refractivity contribution is 5.50. The van der Waals surface area contributed by atoms with Crippen LogP contribution in [-0.4, -0.2) is 17.8 Å². The standard InChI is InChI=1S/C17H26O2/c1-11(2)13-6-7-14(12(3)4)16(19-5)15(13)10-17(18)8-9-17/h6-7,11-12,18H,8-10H2,1-5H3. The van der Waals surface area contributed by atoms with Crippen molar-refractivity contribution in [3.63, 3.8) is 0 Å². The summed E-state index contributed by atoms with van der Waals surface area (Å²) in [7, 11) is 1.74. The summed E-state index contributed by atoms with van der Waals surface area (Å²) >= 11 is 0. The number of hydrogen-bond donors (Lipinski definition) is 1. The van der Waals surface area contributed by atoms with Gasteiger partial charge in [-0.3, -0.25) is 0 Å². The molecular weight excluding hydrogens is 236 g/mol. The molecule has 1 N–H and O–H groups in total. The van der Waals surface area contributed by atoms with Crippen LogP contribution in [0.4, 0.5) is 0 Å². The second-order valence-corrected chi connectivity index (χ2v) is 6.47. The lowest BCUT2D eigenvalue weighted by Crippen LogP contribution is -2.15. The molecule has 1 aromatic rings. The molecule has 2 rings (SSSR count). The van der Waals surface area contributed by atoms with Crippen LogP contribution in [0, 0.1) is 0 Å². The van der Waals surface area contributed by atoms with Crippen molar-refractivity contribution in [3.05, 3.63) is 28.8 Å². The second-order valence-electron chi connectivity index (χ2n) is 6.47. The largest absolute Gasteiger partial charge is 0.496 e. The maximum Gasteiger partial charge on any atom is 0.125 e. The van der Waals surface area contributed by atoms with E-state index in [9.17, 15) is 5.11 Å². The summed E-state index contributed by atoms with van der Waals surface area (Å²) in [6.07, 6.45) is 2.56. The van der Waals surface area contributed by atoms with Gasteiger partial charge in [-0.2, -0.15) is 0 Å². The van der Waals surface area contributed by atoms with E-state index in [1.807, 2.05) is 0 Å². The van der Waals surface area contributed by atoms with Crippen molar-refractivity contribution in [2.24, 2.45) is 0 Å². The molecule has 0 bridgehead atoms. The van der Waals surface area contributed by atoms with Crippen molar-refractivity contribution in [2.75, 3.05) is 7.11 Å². The predicted molar refractivity (Wildman–Crippen MR) is 79.1 cm³/mol. The molecule has 0 heterocycles. The van der Waals surface area contributed by atoms with Crippen molar-refractivity contribution < 1.29 is 9.84 Å². The molecule has 1 aromatic carbocycles. The molecule has 2 nitrogen and oxygen atoms in total. The maximum absolute atomic E-state index is 10.3. The monoisotopic (exact) mass is 262 g/mol. The van der Waals surface area contributed by atoms with E-state index >= 15 is 0 Å². The van der Waals surface area contributed by atoms with Crippen LogP contribution in [0.5, 0.6) is 5.75 Å². The van der Waals surface area contributed by atoms with Crippen molar-refractivity contribution in [1.82, 2.24) is 0 Å². The van der Waals surface area contributed by atoms with Crippen molar-refractivity contribution >= 4 is 0 Å². The molecule has 0 aliphatic heterocycles. The van der Waals surface area contributed by atoms with E-state index in [2.05, 4.69) is 39.8 Å². The first kappa shape index (κ1) is 14.4. The van der Waals surface area contributed by atoms with Gasteiger partial charge in [0.2, 0.25) is 0 Å². The van der Waals surface area contributed by atoms with Crippen LogP contribution < -0.4 is 4.74 Å². The van der Waals surface area contributed by atoms with Gasteiger partial charge in [0.25, 0.3) is 0 Å². The highest BCUT2D eigenvalue weighted by Gasteiger charge is 2.41. The molecule has 0 spiro atoms. The Morgan fingerprint density at radius 2 is 1.63 bits per heavy atom. The Balaban J connectivity index is 2.52. The van der Waals surface area contributed by atoms with E-state index in [1.54, 1.807) is 7.11 Å². The molecule has 2 heteroatoms. The molecule has 0 aromatic heterocycles. The maximum atomic E-state index is 10.3. The third-order valence-electron chi connectivity index (χ3n) is 4.11. The van der Waals surface area contributed by atoms with Crippen molar-refractivity contribution in [1.29, 1.82) is 0 Å². The van der Waals surface area contributed by atoms with E-state index in [1.165, 1.54) is 16.7 Å². The number of rotatable bonds is 5. The van der Waals surface area contributed by atoms with Gasteiger partial charge in [-0.1, -0.05) is 39.8 Å². The van der Waals surface area contributed by atoms with Crippen LogP contribution >= 0.6 is 0 Å². The number of aliphatic hydroxyl groups is 1. The van der Waals surface area contributed by atoms with Crippen LogP contribution in [0.25, 0.3) is 0 Å². The summed E-state index contributed by atoms with van der Waals surface area (Å²) in [6, 6.07) is 4.39. The number of hydrogen-bond acceptors (Lipinski definition) is 2. The highest BCUT2D eigenvalue weighted by Crippen LogP contribution is 2.44. The normalized spacial score (nSPS) is 17.1. The third-order valence-corrected chi connectivity index (χ3v) is 4.11. The van der Waals surface area contributed by atoms with E-state index in [0.29, 0.717) is 11.8 Å². The summed E-state index contributed by atoms with van der Waals surface area (Å²) in [5.41, 5.74) is 3.28. The topological polar surface area (TPSA) is 29.5 Å². The van der Waals surface area contributed by atoms with Crippen LogP contribution in [0.2, 0.25) is 0 Å². The van der Waals surface area contributed by atoms with Crippen molar-refractivity contribution in [2.45, 2.75) is 64.4 Å². The van der Waals surface area contributed by atoms with Gasteiger partial charge in [-0.15, -0.1) is 0 Å². The quantitative estimate of drug-likeness (QED) is 0.868. The average Bonchev–Trinajstić information content (AvgIpc) is 3.05. The summed E-state index contributed by atoms with van der Waals surface area (Å²) in [5.74, 6) is 1.87. The molecule has 1 aliphatic carbocycles. The highest BCUT2D eigenvalue weighted by atomic mass is 16.5. The van der Waals surface area contributed by atoms with Gasteiger partial charge in [0.15, 0.2) is 0 Å². The Kier molecular flexibility index (Phi) is 3.91. The Bertz CT molecular complexity index is 457. The fourth-order valence-electron chi connectivity index (χ4n) is 2.73. The van der Waals surface area contributed by atoms with Gasteiger partial charge in [0.1, 0.15) is 5.75 Å². The van der Waals surface area contributed by atoms with Crippen LogP contribution in [0.15, 0.2) is 12.1 Å². The smallest absolute Gasteiger partial charge is 0.125 e. The molecule has 0 amide bonds. The molecule has 19 heavy (non-hydrogen) atoms. The van der Waals surface area contributed by atoms with Gasteiger partial charge < -0.3 is 9.84 Å². The number of methoxy groups -OCH3 is 1. The number of ether oxygens (including phenoxy) is 1. The van der Waals surface area contributed by atoms with Crippen LogP contribution in [-0.2, 0) is 6.42 Å². The average molecular weight is 262 g/mol. The fraction of sp³-hybridized carbons (Fsp3) is 0.647. The Labute approximate surface area is 116 Å². The van der Waals surface area contributed by atoms with E-state index in [0.717, 1.165) is 25.0 Å². The fourth-order valence-corrected chi connectivity index (χ4v) is 2.73. The van der Waals surface area contributed by atoms with Gasteiger partial charge in [0.05, 0.1) is 12.7 Å². The molecule has 106 valence electrons. The first-order valence-corrected chi connectivity index (χ1v) is 7.30. The summed E-state index contributed by atoms with van der Waals surface area (Å²) in [6.45, 7) is 8.76. The Hall–Kier alpha value is -1.02. The van der Waals surface area contributed by atoms with E-state index in [4.69, 9.17) is 4.74 Å². The summed E-state index contributed by atoms with van der Waals surface area (Å²) in [5, 5.41) is 10.3. The molecule has 1 aliphatic rings. The summed E-state index contributed by atoms with van der Waals surface area (Å²) < 4.78 is 5.69. The SMILES string of the molecule is COc1c(C(C)C)ccc(C(C)C)c1CC1(O)CC1.